The van der Waals surface area contributed by atoms with Gasteiger partial charge in [0.1, 0.15) is 12.2 Å². The molecule has 0 radical (unpaired) electrons. The van der Waals surface area contributed by atoms with Crippen LogP contribution < -0.4 is 0 Å². The van der Waals surface area contributed by atoms with Gasteiger partial charge in [-0.1, -0.05) is 12.0 Å². The fraction of sp³-hybridized carbons (Fsp3) is 0.600. The van der Waals surface area contributed by atoms with Crippen LogP contribution in [-0.2, 0) is 33.3 Å². The summed E-state index contributed by atoms with van der Waals surface area (Å²) < 4.78 is 20.4. The van der Waals surface area contributed by atoms with Gasteiger partial charge in [-0.25, -0.2) is 4.79 Å². The van der Waals surface area contributed by atoms with Gasteiger partial charge < -0.3 is 18.9 Å². The molecule has 0 aliphatic rings. The number of terminal acetylenes is 1. The van der Waals surface area contributed by atoms with Gasteiger partial charge in [0.2, 0.25) is 0 Å². The first-order chi connectivity index (χ1) is 13.4. The lowest BCUT2D eigenvalue weighted by Gasteiger charge is -2.26. The van der Waals surface area contributed by atoms with Crippen LogP contribution in [0.1, 0.15) is 41.5 Å². The van der Waals surface area contributed by atoms with Gasteiger partial charge in [0, 0.05) is 27.3 Å². The highest BCUT2D eigenvalue weighted by atomic mass is 16.6. The van der Waals surface area contributed by atoms with Crippen molar-refractivity contribution in [2.45, 2.75) is 59.4 Å². The van der Waals surface area contributed by atoms with Crippen LogP contribution in [-0.4, -0.2) is 66.4 Å². The third-order valence-electron chi connectivity index (χ3n) is 3.02. The summed E-state index contributed by atoms with van der Waals surface area (Å²) in [4.78, 5) is 47.4. The van der Waals surface area contributed by atoms with E-state index in [4.69, 9.17) is 25.4 Å². The van der Waals surface area contributed by atoms with Crippen molar-refractivity contribution in [2.75, 3.05) is 19.7 Å². The number of hydrogen-bond donors (Lipinski definition) is 0. The fourth-order valence-electron chi connectivity index (χ4n) is 2.00. The van der Waals surface area contributed by atoms with E-state index in [1.54, 1.807) is 20.8 Å². The average Bonchev–Trinajstić information content (AvgIpc) is 2.54. The summed E-state index contributed by atoms with van der Waals surface area (Å²) in [6, 6.07) is 0. The summed E-state index contributed by atoms with van der Waals surface area (Å²) >= 11 is 0. The highest BCUT2D eigenvalue weighted by Gasteiger charge is 2.27. The molecule has 0 aromatic rings. The second-order valence-corrected chi connectivity index (χ2v) is 7.02. The van der Waals surface area contributed by atoms with E-state index in [1.165, 1.54) is 37.8 Å². The third-order valence-corrected chi connectivity index (χ3v) is 3.02. The van der Waals surface area contributed by atoms with E-state index in [1.807, 2.05) is 0 Å². The Kier molecular flexibility index (Phi) is 11.1. The Hall–Kier alpha value is -3.02. The molecule has 9 heteroatoms. The zero-order chi connectivity index (χ0) is 22.6. The van der Waals surface area contributed by atoms with Crippen molar-refractivity contribution in [3.8, 4) is 12.3 Å². The topological polar surface area (TPSA) is 108 Å². The Morgan fingerprint density at radius 1 is 1.03 bits per heavy atom. The molecule has 0 heterocycles. The lowest BCUT2D eigenvalue weighted by Crippen LogP contribution is -2.38. The summed E-state index contributed by atoms with van der Waals surface area (Å²) in [6.45, 7) is 8.47. The van der Waals surface area contributed by atoms with Crippen LogP contribution in [0, 0.1) is 12.3 Å². The minimum Gasteiger partial charge on any atom is -0.462 e. The van der Waals surface area contributed by atoms with Gasteiger partial charge in [-0.05, 0) is 26.8 Å². The standard InChI is InChI=1S/C20H29NO8/c1-8-11-21(19(25)29-20(5,6)7)12-9-10-17(27-15(3)23)18(28-16(4)24)13-26-14(2)22/h1,9-10,17-18H,11-13H2,2-7H3/b10-9+/t17-,18+/m1/s1. The van der Waals surface area contributed by atoms with Crippen molar-refractivity contribution in [1.29, 1.82) is 0 Å². The van der Waals surface area contributed by atoms with Gasteiger partial charge in [-0.2, -0.15) is 0 Å². The van der Waals surface area contributed by atoms with Gasteiger partial charge in [0.05, 0.1) is 6.54 Å². The highest BCUT2D eigenvalue weighted by Crippen LogP contribution is 2.12. The monoisotopic (exact) mass is 411 g/mol. The lowest BCUT2D eigenvalue weighted by atomic mass is 10.2. The summed E-state index contributed by atoms with van der Waals surface area (Å²) in [5, 5.41) is 0. The number of carbonyl (C=O) groups is 4. The van der Waals surface area contributed by atoms with Gasteiger partial charge in [-0.3, -0.25) is 19.3 Å². The van der Waals surface area contributed by atoms with E-state index in [2.05, 4.69) is 5.92 Å². The first kappa shape index (κ1) is 26.0. The molecule has 0 fully saturated rings. The Balaban J connectivity index is 5.37. The first-order valence-corrected chi connectivity index (χ1v) is 8.91. The zero-order valence-corrected chi connectivity index (χ0v) is 17.7. The maximum Gasteiger partial charge on any atom is 0.411 e. The minimum absolute atomic E-state index is 0.00168. The molecule has 0 aromatic heterocycles. The largest absolute Gasteiger partial charge is 0.462 e. The predicted octanol–water partition coefficient (Wildman–Crippen LogP) is 1.84. The van der Waals surface area contributed by atoms with Gasteiger partial charge in [0.25, 0.3) is 0 Å². The summed E-state index contributed by atoms with van der Waals surface area (Å²) in [7, 11) is 0. The molecule has 0 bridgehead atoms. The lowest BCUT2D eigenvalue weighted by molar-refractivity contribution is -0.169. The Morgan fingerprint density at radius 3 is 2.07 bits per heavy atom. The molecular weight excluding hydrogens is 382 g/mol. The summed E-state index contributed by atoms with van der Waals surface area (Å²) in [6.07, 6.45) is 5.53. The quantitative estimate of drug-likeness (QED) is 0.245. The van der Waals surface area contributed by atoms with Crippen LogP contribution in [0.15, 0.2) is 12.2 Å². The second kappa shape index (κ2) is 12.4. The zero-order valence-electron chi connectivity index (χ0n) is 17.7. The molecule has 0 saturated carbocycles. The molecule has 0 rings (SSSR count). The van der Waals surface area contributed by atoms with Crippen LogP contribution >= 0.6 is 0 Å². The molecule has 0 unspecified atom stereocenters. The van der Waals surface area contributed by atoms with E-state index >= 15 is 0 Å². The molecule has 9 nitrogen and oxygen atoms in total. The van der Waals surface area contributed by atoms with Crippen LogP contribution in [0.5, 0.6) is 0 Å². The smallest absolute Gasteiger partial charge is 0.411 e. The number of nitrogens with zero attached hydrogens (tertiary/aromatic N) is 1. The fourth-order valence-corrected chi connectivity index (χ4v) is 2.00. The van der Waals surface area contributed by atoms with Crippen LogP contribution in [0.25, 0.3) is 0 Å². The van der Waals surface area contributed by atoms with Crippen molar-refractivity contribution in [3.63, 3.8) is 0 Å². The number of carbonyl (C=O) groups excluding carboxylic acids is 4. The molecule has 162 valence electrons. The predicted molar refractivity (Wildman–Crippen MR) is 104 cm³/mol. The van der Waals surface area contributed by atoms with Crippen molar-refractivity contribution in [1.82, 2.24) is 4.90 Å². The normalized spacial score (nSPS) is 13.0. The van der Waals surface area contributed by atoms with Gasteiger partial charge in [-0.15, -0.1) is 6.42 Å². The van der Waals surface area contributed by atoms with Gasteiger partial charge in [0.15, 0.2) is 12.2 Å². The molecule has 0 aromatic carbocycles. The van der Waals surface area contributed by atoms with Crippen molar-refractivity contribution in [3.05, 3.63) is 12.2 Å². The Morgan fingerprint density at radius 2 is 1.62 bits per heavy atom. The maximum atomic E-state index is 12.2. The highest BCUT2D eigenvalue weighted by molar-refractivity contribution is 5.69. The van der Waals surface area contributed by atoms with E-state index in [0.717, 1.165) is 0 Å². The molecule has 0 saturated heterocycles. The van der Waals surface area contributed by atoms with E-state index < -0.39 is 41.8 Å². The molecule has 0 aliphatic carbocycles. The van der Waals surface area contributed by atoms with Crippen LogP contribution in [0.4, 0.5) is 4.79 Å². The number of ether oxygens (including phenoxy) is 4. The van der Waals surface area contributed by atoms with Crippen LogP contribution in [0.2, 0.25) is 0 Å². The van der Waals surface area contributed by atoms with Gasteiger partial charge >= 0.3 is 24.0 Å². The van der Waals surface area contributed by atoms with Crippen LogP contribution in [0.3, 0.4) is 0 Å². The average molecular weight is 411 g/mol. The molecule has 2 atom stereocenters. The van der Waals surface area contributed by atoms with Crippen molar-refractivity contribution < 1.29 is 38.1 Å². The summed E-state index contributed by atoms with van der Waals surface area (Å²) in [5.74, 6) is 0.505. The second-order valence-electron chi connectivity index (χ2n) is 7.02. The number of hydrogen-bond acceptors (Lipinski definition) is 8. The Bertz CT molecular complexity index is 656. The number of esters is 3. The van der Waals surface area contributed by atoms with E-state index in [-0.39, 0.29) is 19.7 Å². The molecule has 0 N–H and O–H groups in total. The summed E-state index contributed by atoms with van der Waals surface area (Å²) in [5.41, 5.74) is -0.696. The third kappa shape index (κ3) is 12.9. The van der Waals surface area contributed by atoms with Crippen molar-refractivity contribution >= 4 is 24.0 Å². The van der Waals surface area contributed by atoms with E-state index in [0.29, 0.717) is 0 Å². The number of rotatable bonds is 9. The molecule has 0 spiro atoms. The molecule has 1 amide bonds. The van der Waals surface area contributed by atoms with E-state index in [9.17, 15) is 19.2 Å². The maximum absolute atomic E-state index is 12.2. The number of amides is 1. The molecule has 29 heavy (non-hydrogen) atoms. The first-order valence-electron chi connectivity index (χ1n) is 8.91. The van der Waals surface area contributed by atoms with Crippen molar-refractivity contribution in [2.24, 2.45) is 0 Å². The Labute approximate surface area is 171 Å². The molecule has 0 aliphatic heterocycles. The SMILES string of the molecule is C#CCN(C/C=C/[C@@H](OC(C)=O)[C@H](COC(C)=O)OC(C)=O)C(=O)OC(C)(C)C. The minimum atomic E-state index is -1.06. The molecular formula is C20H29NO8.